The van der Waals surface area contributed by atoms with Crippen LogP contribution in [-0.4, -0.2) is 17.6 Å². The fraction of sp³-hybridized carbons (Fsp3) is 0.0870. The van der Waals surface area contributed by atoms with Gasteiger partial charge in [-0.1, -0.05) is 36.2 Å². The molecule has 3 aromatic carbocycles. The van der Waals surface area contributed by atoms with Crippen molar-refractivity contribution in [3.05, 3.63) is 92.5 Å². The van der Waals surface area contributed by atoms with E-state index in [2.05, 4.69) is 5.32 Å². The maximum Gasteiger partial charge on any atom is 0.261 e. The van der Waals surface area contributed by atoms with E-state index in [1.54, 1.807) is 6.92 Å². The summed E-state index contributed by atoms with van der Waals surface area (Å²) >= 11 is 12.2. The van der Waals surface area contributed by atoms with E-state index in [1.165, 1.54) is 18.2 Å². The lowest BCUT2D eigenvalue weighted by atomic mass is 10.1. The molecule has 0 saturated heterocycles. The first kappa shape index (κ1) is 25.2. The van der Waals surface area contributed by atoms with Gasteiger partial charge >= 0.3 is 0 Å². The Morgan fingerprint density at radius 2 is 1.44 bits per heavy atom. The highest BCUT2D eigenvalue weighted by Crippen LogP contribution is 2.33. The predicted molar refractivity (Wildman–Crippen MR) is 120 cm³/mol. The van der Waals surface area contributed by atoms with E-state index in [4.69, 9.17) is 23.2 Å². The summed E-state index contributed by atoms with van der Waals surface area (Å²) in [5, 5.41) is 4.15. The Bertz CT molecular complexity index is 1290. The van der Waals surface area contributed by atoms with Crippen LogP contribution in [-0.2, 0) is 0 Å². The Kier molecular flexibility index (Phi) is 7.58. The van der Waals surface area contributed by atoms with Crippen molar-refractivity contribution in [2.75, 3.05) is 10.6 Å². The number of hydrogen-bond donors (Lipinski definition) is 2. The lowest BCUT2D eigenvalue weighted by Crippen LogP contribution is -2.19. The minimum atomic E-state index is -1.49. The normalized spacial score (nSPS) is 10.7. The van der Waals surface area contributed by atoms with Gasteiger partial charge in [0.05, 0.1) is 27.0 Å². The zero-order chi connectivity index (χ0) is 25.2. The summed E-state index contributed by atoms with van der Waals surface area (Å²) in [5.74, 6) is -8.07. The van der Waals surface area contributed by atoms with Crippen molar-refractivity contribution in [2.24, 2.45) is 0 Å². The number of ketones is 1. The van der Waals surface area contributed by atoms with Gasteiger partial charge in [-0.2, -0.15) is 0 Å². The molecule has 0 aromatic heterocycles. The van der Waals surface area contributed by atoms with Gasteiger partial charge in [-0.25, -0.2) is 17.6 Å². The predicted octanol–water partition coefficient (Wildman–Crippen LogP) is 6.65. The van der Waals surface area contributed by atoms with Gasteiger partial charge in [0, 0.05) is 24.1 Å². The van der Waals surface area contributed by atoms with Crippen molar-refractivity contribution in [3.8, 4) is 0 Å². The minimum absolute atomic E-state index is 0.0650. The highest BCUT2D eigenvalue weighted by Gasteiger charge is 2.23. The molecule has 0 atom stereocenters. The molecule has 3 aromatic rings. The third-order valence-corrected chi connectivity index (χ3v) is 5.25. The lowest BCUT2D eigenvalue weighted by Gasteiger charge is -2.13. The highest BCUT2D eigenvalue weighted by molar-refractivity contribution is 6.40. The van der Waals surface area contributed by atoms with Crippen molar-refractivity contribution in [1.82, 2.24) is 0 Å². The summed E-state index contributed by atoms with van der Waals surface area (Å²) in [5.41, 5.74) is -2.10. The molecule has 0 fully saturated rings. The van der Waals surface area contributed by atoms with Gasteiger partial charge in [-0.05, 0) is 24.3 Å². The summed E-state index contributed by atoms with van der Waals surface area (Å²) in [7, 11) is 0. The molecule has 0 bridgehead atoms. The Morgan fingerprint density at radius 3 is 2.00 bits per heavy atom. The van der Waals surface area contributed by atoms with Gasteiger partial charge in [0.1, 0.15) is 23.0 Å². The smallest absolute Gasteiger partial charge is 0.261 e. The summed E-state index contributed by atoms with van der Waals surface area (Å²) in [6.45, 7) is 1.65. The van der Waals surface area contributed by atoms with Gasteiger partial charge < -0.3 is 10.6 Å². The molecule has 0 aliphatic carbocycles. The standard InChI is InChI=1S/C23H14Cl2F4N2O3/c1-2-18(32)10-6-13(24)21(14(25)7-10)31-22(33)12-4-3-5-17(20(12)29)30-23(34)19-15(27)8-11(26)9-16(19)28/h3-9H,2H2,1H3,(H,30,34)(H,31,33). The molecule has 5 nitrogen and oxygen atoms in total. The molecule has 34 heavy (non-hydrogen) atoms. The molecule has 0 radical (unpaired) electrons. The fourth-order valence-corrected chi connectivity index (χ4v) is 3.57. The van der Waals surface area contributed by atoms with E-state index in [0.29, 0.717) is 12.1 Å². The molecule has 0 aliphatic rings. The molecular formula is C23H14Cl2F4N2O3. The topological polar surface area (TPSA) is 75.3 Å². The maximum atomic E-state index is 15.0. The summed E-state index contributed by atoms with van der Waals surface area (Å²) in [6.07, 6.45) is 0.202. The number of nitrogens with one attached hydrogen (secondary N) is 2. The number of benzene rings is 3. The van der Waals surface area contributed by atoms with E-state index >= 15 is 0 Å². The van der Waals surface area contributed by atoms with Crippen LogP contribution in [0.15, 0.2) is 42.5 Å². The van der Waals surface area contributed by atoms with Crippen LogP contribution in [0.4, 0.5) is 28.9 Å². The quantitative estimate of drug-likeness (QED) is 0.287. The van der Waals surface area contributed by atoms with Crippen LogP contribution in [0.3, 0.4) is 0 Å². The van der Waals surface area contributed by atoms with Crippen LogP contribution < -0.4 is 10.6 Å². The molecule has 176 valence electrons. The molecule has 3 rings (SSSR count). The summed E-state index contributed by atoms with van der Waals surface area (Å²) in [6, 6.07) is 6.53. The van der Waals surface area contributed by atoms with Gasteiger partial charge in [-0.15, -0.1) is 0 Å². The molecule has 2 amide bonds. The third-order valence-electron chi connectivity index (χ3n) is 4.65. The zero-order valence-electron chi connectivity index (χ0n) is 17.2. The van der Waals surface area contributed by atoms with E-state index in [0.717, 1.165) is 12.1 Å². The number of rotatable bonds is 6. The Morgan fingerprint density at radius 1 is 0.853 bits per heavy atom. The van der Waals surface area contributed by atoms with E-state index in [1.807, 2.05) is 5.32 Å². The van der Waals surface area contributed by atoms with Crippen LogP contribution in [0.5, 0.6) is 0 Å². The fourth-order valence-electron chi connectivity index (χ4n) is 2.99. The van der Waals surface area contributed by atoms with E-state index < -0.39 is 51.9 Å². The molecule has 0 spiro atoms. The van der Waals surface area contributed by atoms with Crippen molar-refractivity contribution in [3.63, 3.8) is 0 Å². The van der Waals surface area contributed by atoms with Gasteiger partial charge in [0.15, 0.2) is 11.6 Å². The number of halogens is 6. The van der Waals surface area contributed by atoms with E-state index in [-0.39, 0.29) is 33.5 Å². The zero-order valence-corrected chi connectivity index (χ0v) is 18.8. The molecule has 0 unspecified atom stereocenters. The summed E-state index contributed by atoms with van der Waals surface area (Å²) in [4.78, 5) is 36.8. The average molecular weight is 513 g/mol. The van der Waals surface area contributed by atoms with Gasteiger partial charge in [0.2, 0.25) is 0 Å². The molecule has 2 N–H and O–H groups in total. The van der Waals surface area contributed by atoms with Crippen LogP contribution in [0.25, 0.3) is 0 Å². The number of Topliss-reactive ketones (excluding diaryl/α,β-unsaturated/α-hetero) is 1. The molecule has 0 aliphatic heterocycles. The highest BCUT2D eigenvalue weighted by atomic mass is 35.5. The summed E-state index contributed by atoms with van der Waals surface area (Å²) < 4.78 is 55.7. The molecule has 0 saturated carbocycles. The van der Waals surface area contributed by atoms with Crippen molar-refractivity contribution < 1.29 is 31.9 Å². The largest absolute Gasteiger partial charge is 0.319 e. The van der Waals surface area contributed by atoms with Crippen molar-refractivity contribution in [1.29, 1.82) is 0 Å². The number of hydrogen-bond acceptors (Lipinski definition) is 3. The first-order valence-electron chi connectivity index (χ1n) is 9.61. The average Bonchev–Trinajstić information content (AvgIpc) is 2.76. The Balaban J connectivity index is 1.87. The van der Waals surface area contributed by atoms with Crippen LogP contribution in [0, 0.1) is 23.3 Å². The van der Waals surface area contributed by atoms with E-state index in [9.17, 15) is 31.9 Å². The van der Waals surface area contributed by atoms with Crippen LogP contribution >= 0.6 is 23.2 Å². The Labute approximate surface area is 200 Å². The Hall–Kier alpha value is -3.43. The second kappa shape index (κ2) is 10.2. The second-order valence-electron chi connectivity index (χ2n) is 6.91. The van der Waals surface area contributed by atoms with Gasteiger partial charge in [-0.3, -0.25) is 14.4 Å². The number of amides is 2. The number of carbonyl (C=O) groups is 3. The van der Waals surface area contributed by atoms with Crippen molar-refractivity contribution >= 4 is 52.2 Å². The molecular weight excluding hydrogens is 499 g/mol. The minimum Gasteiger partial charge on any atom is -0.319 e. The van der Waals surface area contributed by atoms with Crippen LogP contribution in [0.2, 0.25) is 10.0 Å². The monoisotopic (exact) mass is 512 g/mol. The van der Waals surface area contributed by atoms with Crippen LogP contribution in [0.1, 0.15) is 44.4 Å². The third kappa shape index (κ3) is 5.21. The number of anilines is 2. The SMILES string of the molecule is CCC(=O)c1cc(Cl)c(NC(=O)c2cccc(NC(=O)c3c(F)cc(F)cc3F)c2F)c(Cl)c1. The maximum absolute atomic E-state index is 15.0. The second-order valence-corrected chi connectivity index (χ2v) is 7.73. The first-order chi connectivity index (χ1) is 16.0. The number of carbonyl (C=O) groups excluding carboxylic acids is 3. The lowest BCUT2D eigenvalue weighted by molar-refractivity contribution is 0.0985. The van der Waals surface area contributed by atoms with Crippen molar-refractivity contribution in [2.45, 2.75) is 13.3 Å². The molecule has 0 heterocycles. The first-order valence-corrected chi connectivity index (χ1v) is 10.4. The molecule has 11 heteroatoms. The van der Waals surface area contributed by atoms with Gasteiger partial charge in [0.25, 0.3) is 11.8 Å².